The van der Waals surface area contributed by atoms with E-state index in [0.717, 1.165) is 13.1 Å². The number of halogens is 1. The van der Waals surface area contributed by atoms with Crippen molar-refractivity contribution < 1.29 is 0 Å². The third kappa shape index (κ3) is 6.50. The Kier molecular flexibility index (Phi) is 7.38. The molecule has 1 aromatic rings. The molecule has 0 saturated carbocycles. The Labute approximate surface area is 139 Å². The van der Waals surface area contributed by atoms with Crippen molar-refractivity contribution in [2.45, 2.75) is 72.1 Å². The molecule has 21 heavy (non-hydrogen) atoms. The van der Waals surface area contributed by atoms with E-state index in [1.54, 1.807) is 0 Å². The molecular formula is C18H31BrN2. The minimum Gasteiger partial charge on any atom is -0.308 e. The van der Waals surface area contributed by atoms with E-state index >= 15 is 0 Å². The first-order valence-corrected chi connectivity index (χ1v) is 8.78. The fourth-order valence-corrected chi connectivity index (χ4v) is 3.06. The molecule has 0 aliphatic carbocycles. The molecule has 2 nitrogen and oxygen atoms in total. The lowest BCUT2D eigenvalue weighted by molar-refractivity contribution is 0.221. The summed E-state index contributed by atoms with van der Waals surface area (Å²) >= 11 is 3.73. The van der Waals surface area contributed by atoms with E-state index < -0.39 is 0 Å². The molecule has 1 N–H and O–H groups in total. The van der Waals surface area contributed by atoms with Gasteiger partial charge in [0.1, 0.15) is 0 Å². The topological polar surface area (TPSA) is 15.3 Å². The van der Waals surface area contributed by atoms with Crippen LogP contribution in [0.15, 0.2) is 22.7 Å². The smallest absolute Gasteiger partial charge is 0.0244 e. The van der Waals surface area contributed by atoms with Crippen molar-refractivity contribution >= 4 is 15.9 Å². The van der Waals surface area contributed by atoms with Gasteiger partial charge in [0.05, 0.1) is 0 Å². The molecule has 0 saturated heterocycles. The molecule has 0 bridgehead atoms. The van der Waals surface area contributed by atoms with Crippen LogP contribution < -0.4 is 5.32 Å². The average Bonchev–Trinajstić information content (AvgIpc) is 2.40. The van der Waals surface area contributed by atoms with E-state index in [1.807, 2.05) is 0 Å². The summed E-state index contributed by atoms with van der Waals surface area (Å²) in [5.41, 5.74) is 2.84. The minimum atomic E-state index is 0.154. The van der Waals surface area contributed by atoms with Gasteiger partial charge in [-0.05, 0) is 57.9 Å². The molecule has 0 radical (unpaired) electrons. The number of nitrogens with one attached hydrogen (secondary N) is 1. The van der Waals surface area contributed by atoms with Gasteiger partial charge in [0.25, 0.3) is 0 Å². The van der Waals surface area contributed by atoms with Crippen molar-refractivity contribution in [1.82, 2.24) is 10.2 Å². The lowest BCUT2D eigenvalue weighted by Crippen LogP contribution is -2.35. The molecular weight excluding hydrogens is 324 g/mol. The van der Waals surface area contributed by atoms with Crippen molar-refractivity contribution in [2.75, 3.05) is 7.05 Å². The Bertz CT molecular complexity index is 433. The van der Waals surface area contributed by atoms with E-state index in [9.17, 15) is 0 Å². The number of hydrogen-bond acceptors (Lipinski definition) is 2. The largest absolute Gasteiger partial charge is 0.308 e. The van der Waals surface area contributed by atoms with E-state index in [4.69, 9.17) is 0 Å². The monoisotopic (exact) mass is 354 g/mol. The average molecular weight is 355 g/mol. The predicted molar refractivity (Wildman–Crippen MR) is 96.6 cm³/mol. The first-order valence-electron chi connectivity index (χ1n) is 7.99. The fraction of sp³-hybridized carbons (Fsp3) is 0.667. The zero-order valence-electron chi connectivity index (χ0n) is 14.5. The number of hydrogen-bond donors (Lipinski definition) is 1. The highest BCUT2D eigenvalue weighted by atomic mass is 79.9. The molecule has 0 amide bonds. The third-order valence-corrected chi connectivity index (χ3v) is 4.66. The highest BCUT2D eigenvalue weighted by Crippen LogP contribution is 2.22. The van der Waals surface area contributed by atoms with Crippen LogP contribution in [-0.2, 0) is 13.1 Å². The SMILES string of the molecule is CCC(CC)N(C)Cc1ccc(CNC(C)(C)C)cc1Br. The Balaban J connectivity index is 2.70. The van der Waals surface area contributed by atoms with Crippen molar-refractivity contribution in [2.24, 2.45) is 0 Å². The maximum absolute atomic E-state index is 3.73. The molecule has 1 aromatic carbocycles. The lowest BCUT2D eigenvalue weighted by atomic mass is 10.1. The molecule has 3 heteroatoms. The number of benzene rings is 1. The number of rotatable bonds is 7. The molecule has 0 aliphatic heterocycles. The third-order valence-electron chi connectivity index (χ3n) is 3.93. The summed E-state index contributed by atoms with van der Waals surface area (Å²) in [4.78, 5) is 2.45. The van der Waals surface area contributed by atoms with Gasteiger partial charge in [-0.25, -0.2) is 0 Å². The molecule has 0 aromatic heterocycles. The fourth-order valence-electron chi connectivity index (χ4n) is 2.51. The van der Waals surface area contributed by atoms with Crippen LogP contribution in [0.5, 0.6) is 0 Å². The number of nitrogens with zero attached hydrogens (tertiary/aromatic N) is 1. The predicted octanol–water partition coefficient (Wildman–Crippen LogP) is 4.96. The van der Waals surface area contributed by atoms with Crippen LogP contribution in [0.1, 0.15) is 58.6 Å². The normalized spacial score (nSPS) is 12.4. The van der Waals surface area contributed by atoms with Gasteiger partial charge in [0, 0.05) is 29.1 Å². The highest BCUT2D eigenvalue weighted by Gasteiger charge is 2.13. The van der Waals surface area contributed by atoms with E-state index in [-0.39, 0.29) is 5.54 Å². The summed E-state index contributed by atoms with van der Waals surface area (Å²) in [6.07, 6.45) is 2.41. The van der Waals surface area contributed by atoms with Gasteiger partial charge >= 0.3 is 0 Å². The summed E-state index contributed by atoms with van der Waals surface area (Å²) in [5.74, 6) is 0. The molecule has 0 atom stereocenters. The quantitative estimate of drug-likeness (QED) is 0.744. The summed E-state index contributed by atoms with van der Waals surface area (Å²) in [6, 6.07) is 7.40. The maximum atomic E-state index is 3.73. The molecule has 0 fully saturated rings. The lowest BCUT2D eigenvalue weighted by Gasteiger charge is -2.26. The Morgan fingerprint density at radius 3 is 2.29 bits per heavy atom. The second-order valence-corrected chi connectivity index (χ2v) is 7.77. The Morgan fingerprint density at radius 1 is 1.19 bits per heavy atom. The Morgan fingerprint density at radius 2 is 1.81 bits per heavy atom. The minimum absolute atomic E-state index is 0.154. The first-order chi connectivity index (χ1) is 9.76. The highest BCUT2D eigenvalue weighted by molar-refractivity contribution is 9.10. The van der Waals surface area contributed by atoms with Crippen molar-refractivity contribution in [3.63, 3.8) is 0 Å². The van der Waals surface area contributed by atoms with Crippen molar-refractivity contribution in [3.8, 4) is 0 Å². The summed E-state index contributed by atoms with van der Waals surface area (Å²) in [6.45, 7) is 13.0. The van der Waals surface area contributed by atoms with Crippen LogP contribution in [0.4, 0.5) is 0 Å². The van der Waals surface area contributed by atoms with Gasteiger partial charge < -0.3 is 5.32 Å². The molecule has 1 rings (SSSR count). The van der Waals surface area contributed by atoms with E-state index in [1.165, 1.54) is 28.4 Å². The summed E-state index contributed by atoms with van der Waals surface area (Å²) in [7, 11) is 2.22. The molecule has 0 unspecified atom stereocenters. The second-order valence-electron chi connectivity index (χ2n) is 6.91. The summed E-state index contributed by atoms with van der Waals surface area (Å²) in [5, 5.41) is 3.53. The van der Waals surface area contributed by atoms with Gasteiger partial charge in [0.2, 0.25) is 0 Å². The molecule has 0 aliphatic rings. The Hall–Kier alpha value is -0.380. The van der Waals surface area contributed by atoms with Crippen LogP contribution in [0.2, 0.25) is 0 Å². The van der Waals surface area contributed by atoms with Crippen molar-refractivity contribution in [3.05, 3.63) is 33.8 Å². The second kappa shape index (κ2) is 8.30. The van der Waals surface area contributed by atoms with Gasteiger partial charge in [-0.15, -0.1) is 0 Å². The standard InChI is InChI=1S/C18H31BrN2/c1-7-16(8-2)21(6)13-15-10-9-14(11-17(15)19)12-20-18(3,4)5/h9-11,16,20H,7-8,12-13H2,1-6H3. The van der Waals surface area contributed by atoms with Gasteiger partial charge in [-0.1, -0.05) is 41.9 Å². The van der Waals surface area contributed by atoms with E-state index in [2.05, 4.69) is 86.0 Å². The zero-order valence-corrected chi connectivity index (χ0v) is 16.0. The van der Waals surface area contributed by atoms with Crippen LogP contribution in [-0.4, -0.2) is 23.5 Å². The van der Waals surface area contributed by atoms with Crippen molar-refractivity contribution in [1.29, 1.82) is 0 Å². The van der Waals surface area contributed by atoms with Gasteiger partial charge in [0.15, 0.2) is 0 Å². The van der Waals surface area contributed by atoms with Crippen LogP contribution in [0, 0.1) is 0 Å². The van der Waals surface area contributed by atoms with Crippen LogP contribution >= 0.6 is 15.9 Å². The zero-order chi connectivity index (χ0) is 16.0. The summed E-state index contributed by atoms with van der Waals surface area (Å²) < 4.78 is 1.22. The maximum Gasteiger partial charge on any atom is 0.0244 e. The molecule has 0 heterocycles. The van der Waals surface area contributed by atoms with Gasteiger partial charge in [-0.3, -0.25) is 4.90 Å². The first kappa shape index (κ1) is 18.7. The van der Waals surface area contributed by atoms with E-state index in [0.29, 0.717) is 6.04 Å². The van der Waals surface area contributed by atoms with Crippen LogP contribution in [0.3, 0.4) is 0 Å². The molecule has 120 valence electrons. The van der Waals surface area contributed by atoms with Crippen LogP contribution in [0.25, 0.3) is 0 Å². The molecule has 0 spiro atoms. The van der Waals surface area contributed by atoms with Gasteiger partial charge in [-0.2, -0.15) is 0 Å².